The molecule has 1 saturated heterocycles. The fraction of sp³-hybridized carbons (Fsp3) is 0.667. The minimum absolute atomic E-state index is 0.0469. The zero-order valence-corrected chi connectivity index (χ0v) is 14.8. The van der Waals surface area contributed by atoms with Crippen LogP contribution < -0.4 is 0 Å². The molecule has 1 aliphatic rings. The van der Waals surface area contributed by atoms with Crippen LogP contribution in [0.15, 0.2) is 24.3 Å². The lowest BCUT2D eigenvalue weighted by Gasteiger charge is -2.33. The molecule has 0 saturated carbocycles. The minimum atomic E-state index is -0.455. The highest BCUT2D eigenvalue weighted by molar-refractivity contribution is 6.30. The molecule has 5 heteroatoms. The lowest BCUT2D eigenvalue weighted by molar-refractivity contribution is -0.0207. The van der Waals surface area contributed by atoms with E-state index < -0.39 is 6.10 Å². The number of halogens is 1. The largest absolute Gasteiger partial charge is 0.389 e. The molecule has 1 aromatic rings. The molecule has 2 unspecified atom stereocenters. The van der Waals surface area contributed by atoms with Crippen molar-refractivity contribution in [3.8, 4) is 0 Å². The monoisotopic (exact) mass is 341 g/mol. The van der Waals surface area contributed by atoms with Crippen molar-refractivity contribution in [3.05, 3.63) is 34.9 Å². The van der Waals surface area contributed by atoms with E-state index >= 15 is 0 Å². The first-order valence-corrected chi connectivity index (χ1v) is 8.72. The Labute approximate surface area is 144 Å². The predicted molar refractivity (Wildman–Crippen MR) is 92.9 cm³/mol. The summed E-state index contributed by atoms with van der Waals surface area (Å²) in [6.07, 6.45) is 1.78. The van der Waals surface area contributed by atoms with Crippen LogP contribution in [0.5, 0.6) is 0 Å². The predicted octanol–water partition coefficient (Wildman–Crippen LogP) is 3.14. The number of nitrogens with zero attached hydrogens (tertiary/aromatic N) is 1. The molecule has 2 atom stereocenters. The third-order valence-electron chi connectivity index (χ3n) is 4.46. The second kappa shape index (κ2) is 9.60. The molecule has 2 rings (SSSR count). The van der Waals surface area contributed by atoms with Crippen LogP contribution in [0.2, 0.25) is 5.02 Å². The number of ether oxygens (including phenoxy) is 2. The molecule has 130 valence electrons. The van der Waals surface area contributed by atoms with Gasteiger partial charge in [0.15, 0.2) is 0 Å². The molecule has 1 fully saturated rings. The summed E-state index contributed by atoms with van der Waals surface area (Å²) in [6.45, 7) is 5.91. The normalized spacial score (nSPS) is 19.7. The van der Waals surface area contributed by atoms with Crippen LogP contribution in [-0.4, -0.2) is 56.1 Å². The van der Waals surface area contributed by atoms with E-state index in [2.05, 4.69) is 4.90 Å². The van der Waals surface area contributed by atoms with Crippen LogP contribution in [0, 0.1) is 5.92 Å². The third kappa shape index (κ3) is 6.40. The second-order valence-electron chi connectivity index (χ2n) is 6.38. The van der Waals surface area contributed by atoms with Crippen LogP contribution >= 0.6 is 11.6 Å². The van der Waals surface area contributed by atoms with E-state index in [-0.39, 0.29) is 6.10 Å². The Morgan fingerprint density at radius 2 is 1.91 bits per heavy atom. The highest BCUT2D eigenvalue weighted by Crippen LogP contribution is 2.20. The first-order valence-electron chi connectivity index (χ1n) is 8.35. The van der Waals surface area contributed by atoms with E-state index in [9.17, 15) is 5.11 Å². The zero-order valence-electron chi connectivity index (χ0n) is 14.1. The van der Waals surface area contributed by atoms with Gasteiger partial charge in [0.25, 0.3) is 0 Å². The maximum Gasteiger partial charge on any atom is 0.0900 e. The number of aliphatic hydroxyl groups is 1. The van der Waals surface area contributed by atoms with Crippen LogP contribution in [0.3, 0.4) is 0 Å². The van der Waals surface area contributed by atoms with Gasteiger partial charge in [0, 0.05) is 25.3 Å². The van der Waals surface area contributed by atoms with Crippen molar-refractivity contribution >= 4 is 11.6 Å². The number of rotatable bonds is 8. The van der Waals surface area contributed by atoms with Gasteiger partial charge in [-0.3, -0.25) is 0 Å². The zero-order chi connectivity index (χ0) is 16.7. The van der Waals surface area contributed by atoms with Crippen LogP contribution in [0.1, 0.15) is 31.4 Å². The fourth-order valence-electron chi connectivity index (χ4n) is 3.01. The Morgan fingerprint density at radius 3 is 2.52 bits per heavy atom. The van der Waals surface area contributed by atoms with Crippen molar-refractivity contribution in [1.29, 1.82) is 0 Å². The van der Waals surface area contributed by atoms with Crippen molar-refractivity contribution in [3.63, 3.8) is 0 Å². The Balaban J connectivity index is 1.67. The highest BCUT2D eigenvalue weighted by atomic mass is 35.5. The smallest absolute Gasteiger partial charge is 0.0900 e. The summed E-state index contributed by atoms with van der Waals surface area (Å²) in [5.74, 6) is 0.662. The van der Waals surface area contributed by atoms with Gasteiger partial charge in [-0.1, -0.05) is 23.7 Å². The maximum absolute atomic E-state index is 10.2. The van der Waals surface area contributed by atoms with E-state index in [4.69, 9.17) is 21.1 Å². The first-order chi connectivity index (χ1) is 11.1. The van der Waals surface area contributed by atoms with Gasteiger partial charge in [-0.05, 0) is 56.5 Å². The second-order valence-corrected chi connectivity index (χ2v) is 6.82. The van der Waals surface area contributed by atoms with Gasteiger partial charge in [-0.15, -0.1) is 0 Å². The molecule has 4 nitrogen and oxygen atoms in total. The average Bonchev–Trinajstić information content (AvgIpc) is 2.55. The van der Waals surface area contributed by atoms with Gasteiger partial charge < -0.3 is 19.5 Å². The maximum atomic E-state index is 10.2. The van der Waals surface area contributed by atoms with Gasteiger partial charge in [-0.2, -0.15) is 0 Å². The summed E-state index contributed by atoms with van der Waals surface area (Å²) in [5.41, 5.74) is 1.07. The number of hydrogen-bond acceptors (Lipinski definition) is 4. The van der Waals surface area contributed by atoms with Gasteiger partial charge >= 0.3 is 0 Å². The van der Waals surface area contributed by atoms with E-state index in [0.717, 1.165) is 43.1 Å². The van der Waals surface area contributed by atoms with Crippen molar-refractivity contribution in [1.82, 2.24) is 4.90 Å². The van der Waals surface area contributed by atoms with Crippen LogP contribution in [0.25, 0.3) is 0 Å². The summed E-state index contributed by atoms with van der Waals surface area (Å²) in [5, 5.41) is 10.9. The van der Waals surface area contributed by atoms with E-state index in [1.54, 1.807) is 7.11 Å². The average molecular weight is 342 g/mol. The third-order valence-corrected chi connectivity index (χ3v) is 4.71. The summed E-state index contributed by atoms with van der Waals surface area (Å²) in [4.78, 5) is 2.31. The van der Waals surface area contributed by atoms with Gasteiger partial charge in [-0.25, -0.2) is 0 Å². The fourth-order valence-corrected chi connectivity index (χ4v) is 3.13. The topological polar surface area (TPSA) is 41.9 Å². The molecule has 1 aromatic carbocycles. The van der Waals surface area contributed by atoms with E-state index in [1.807, 2.05) is 31.2 Å². The van der Waals surface area contributed by atoms with Crippen molar-refractivity contribution < 1.29 is 14.6 Å². The number of methoxy groups -OCH3 is 1. The number of likely N-dealkylation sites (tertiary alicyclic amines) is 1. The molecule has 0 spiro atoms. The number of aliphatic hydroxyl groups excluding tert-OH is 1. The van der Waals surface area contributed by atoms with E-state index in [1.165, 1.54) is 0 Å². The molecular weight excluding hydrogens is 314 g/mol. The van der Waals surface area contributed by atoms with Crippen LogP contribution in [0.4, 0.5) is 0 Å². The molecule has 0 aliphatic carbocycles. The van der Waals surface area contributed by atoms with Gasteiger partial charge in [0.1, 0.15) is 0 Å². The first kappa shape index (κ1) is 18.7. The van der Waals surface area contributed by atoms with Crippen molar-refractivity contribution in [2.24, 2.45) is 5.92 Å². The van der Waals surface area contributed by atoms with E-state index in [0.29, 0.717) is 19.1 Å². The molecule has 1 heterocycles. The summed E-state index contributed by atoms with van der Waals surface area (Å²) in [7, 11) is 1.76. The Morgan fingerprint density at radius 1 is 1.26 bits per heavy atom. The summed E-state index contributed by atoms with van der Waals surface area (Å²) < 4.78 is 11.0. The minimum Gasteiger partial charge on any atom is -0.389 e. The number of piperidine rings is 1. The molecule has 23 heavy (non-hydrogen) atoms. The van der Waals surface area contributed by atoms with Crippen LogP contribution in [-0.2, 0) is 9.47 Å². The van der Waals surface area contributed by atoms with Gasteiger partial charge in [0.2, 0.25) is 0 Å². The number of benzene rings is 1. The molecule has 0 bridgehead atoms. The Hall–Kier alpha value is -0.650. The molecule has 1 aliphatic heterocycles. The highest BCUT2D eigenvalue weighted by Gasteiger charge is 2.21. The Bertz CT molecular complexity index is 446. The molecule has 0 radical (unpaired) electrons. The molecule has 1 N–H and O–H groups in total. The summed E-state index contributed by atoms with van der Waals surface area (Å²) >= 11 is 5.89. The standard InChI is InChI=1S/C18H28ClNO3/c1-14(16-3-5-17(19)6-4-16)23-13-18(21)11-20-9-7-15(8-10-20)12-22-2/h3-6,14-15,18,21H,7-13H2,1-2H3. The van der Waals surface area contributed by atoms with Crippen molar-refractivity contribution in [2.45, 2.75) is 32.0 Å². The summed E-state index contributed by atoms with van der Waals surface area (Å²) in [6, 6.07) is 7.63. The lowest BCUT2D eigenvalue weighted by atomic mass is 9.97. The Kier molecular flexibility index (Phi) is 7.80. The SMILES string of the molecule is COCC1CCN(CC(O)COC(C)c2ccc(Cl)cc2)CC1. The van der Waals surface area contributed by atoms with Crippen molar-refractivity contribution in [2.75, 3.05) is 40.0 Å². The van der Waals surface area contributed by atoms with Gasteiger partial charge in [0.05, 0.1) is 18.8 Å². The molecule has 0 aromatic heterocycles. The number of β-amino-alcohol motifs (C(OH)–C–C–N with tert-alkyl or cyclic N) is 1. The lowest BCUT2D eigenvalue weighted by Crippen LogP contribution is -2.41. The molecule has 0 amide bonds. The quantitative estimate of drug-likeness (QED) is 0.788. The molecular formula is C18H28ClNO3. The number of hydrogen-bond donors (Lipinski definition) is 1.